The van der Waals surface area contributed by atoms with Crippen molar-refractivity contribution in [1.29, 1.82) is 0 Å². The number of benzene rings is 1. The number of ether oxygens (including phenoxy) is 1. The number of carbonyl (C=O) groups excluding carboxylic acids is 4. The monoisotopic (exact) mass is 542 g/mol. The molecule has 1 unspecified atom stereocenters. The van der Waals surface area contributed by atoms with E-state index >= 15 is 0 Å². The van der Waals surface area contributed by atoms with Crippen LogP contribution in [0.15, 0.2) is 29.0 Å². The molecule has 0 radical (unpaired) electrons. The number of ketones is 2. The maximum Gasteiger partial charge on any atom is 0.305 e. The first-order valence-corrected chi connectivity index (χ1v) is 12.8. The smallest absolute Gasteiger partial charge is 0.305 e. The van der Waals surface area contributed by atoms with Gasteiger partial charge >= 0.3 is 5.97 Å². The molecule has 3 aliphatic rings. The van der Waals surface area contributed by atoms with Crippen LogP contribution in [0.4, 0.5) is 0 Å². The molecule has 1 aromatic carbocycles. The Labute approximate surface area is 225 Å². The summed E-state index contributed by atoms with van der Waals surface area (Å²) in [5, 5.41) is 45.4. The van der Waals surface area contributed by atoms with Gasteiger partial charge in [-0.1, -0.05) is 33.8 Å². The van der Waals surface area contributed by atoms with E-state index in [0.29, 0.717) is 5.56 Å². The van der Waals surface area contributed by atoms with Gasteiger partial charge in [0.25, 0.3) is 5.91 Å². The lowest BCUT2D eigenvalue weighted by molar-refractivity contribution is -0.185. The lowest BCUT2D eigenvalue weighted by Gasteiger charge is -2.54. The van der Waals surface area contributed by atoms with E-state index in [4.69, 9.17) is 10.5 Å². The number of Topliss-reactive ketones (excluding diaryl/α,β-unsaturated/α-hetero) is 2. The zero-order valence-corrected chi connectivity index (χ0v) is 22.7. The number of aromatic hydroxyl groups is 1. The van der Waals surface area contributed by atoms with E-state index in [1.807, 2.05) is 13.8 Å². The number of amides is 1. The zero-order valence-electron chi connectivity index (χ0n) is 22.7. The molecule has 1 fully saturated rings. The largest absolute Gasteiger partial charge is 0.508 e. The number of likely N-dealkylation sites (N-methyl/N-ethyl adjacent to an activating group) is 1. The highest BCUT2D eigenvalue weighted by Crippen LogP contribution is 2.57. The number of rotatable bonds is 5. The standard InChI is InChI=1S/C28H34N2O9/c1-7-14(32)39-24-16-11(4)15-12(10(2)3)8-9-13(31)17(15)22(33)18(16)25(35)28(38)20(24)21(30(5)6)23(34)19(26(28)36)27(29)37/h8-11,16,20-21,24,31,33,36,38H,7H2,1-6H3,(H2,29,37)/t11-,16+,20+,21?,24-,28-/m0/s1. The highest BCUT2D eigenvalue weighted by molar-refractivity contribution is 6.24. The van der Waals surface area contributed by atoms with Crippen molar-refractivity contribution in [3.63, 3.8) is 0 Å². The quantitative estimate of drug-likeness (QED) is 0.270. The van der Waals surface area contributed by atoms with Gasteiger partial charge in [-0.05, 0) is 43.1 Å². The molecule has 0 bridgehead atoms. The van der Waals surface area contributed by atoms with Crippen LogP contribution in [0.2, 0.25) is 0 Å². The number of phenolic OH excluding ortho intramolecular Hbond substituents is 1. The predicted molar refractivity (Wildman–Crippen MR) is 139 cm³/mol. The summed E-state index contributed by atoms with van der Waals surface area (Å²) < 4.78 is 5.84. The van der Waals surface area contributed by atoms with Gasteiger partial charge in [-0.3, -0.25) is 24.1 Å². The highest BCUT2D eigenvalue weighted by Gasteiger charge is 2.69. The fourth-order valence-corrected chi connectivity index (χ4v) is 6.58. The predicted octanol–water partition coefficient (Wildman–Crippen LogP) is 1.58. The van der Waals surface area contributed by atoms with Crippen LogP contribution < -0.4 is 5.73 Å². The van der Waals surface area contributed by atoms with E-state index in [1.54, 1.807) is 19.9 Å². The Morgan fingerprint density at radius 2 is 1.77 bits per heavy atom. The fraction of sp³-hybridized carbons (Fsp3) is 0.500. The van der Waals surface area contributed by atoms with E-state index in [-0.39, 0.29) is 29.2 Å². The topological polar surface area (TPSA) is 188 Å². The first-order valence-electron chi connectivity index (χ1n) is 12.8. The Morgan fingerprint density at radius 1 is 1.15 bits per heavy atom. The van der Waals surface area contributed by atoms with Gasteiger partial charge in [0.05, 0.1) is 17.5 Å². The number of hydrogen-bond acceptors (Lipinski definition) is 10. The van der Waals surface area contributed by atoms with E-state index < -0.39 is 76.0 Å². The Kier molecular flexibility index (Phi) is 6.89. The first kappa shape index (κ1) is 28.3. The van der Waals surface area contributed by atoms with Gasteiger partial charge in [-0.2, -0.15) is 0 Å². The average Bonchev–Trinajstić information content (AvgIpc) is 2.84. The molecule has 1 aromatic rings. The maximum absolute atomic E-state index is 14.2. The van der Waals surface area contributed by atoms with Gasteiger partial charge in [0.15, 0.2) is 11.4 Å². The summed E-state index contributed by atoms with van der Waals surface area (Å²) in [6, 6.07) is 1.70. The minimum atomic E-state index is -2.95. The molecule has 1 amide bonds. The molecule has 1 saturated carbocycles. The molecule has 0 heterocycles. The molecular formula is C28H34N2O9. The third-order valence-electron chi connectivity index (χ3n) is 8.29. The van der Waals surface area contributed by atoms with Crippen molar-refractivity contribution in [3.8, 4) is 5.75 Å². The number of phenols is 1. The number of carbonyl (C=O) groups is 4. The molecule has 3 aliphatic carbocycles. The summed E-state index contributed by atoms with van der Waals surface area (Å²) in [6.07, 6.45) is -1.48. The zero-order chi connectivity index (χ0) is 29.3. The second-order valence-electron chi connectivity index (χ2n) is 11.0. The molecule has 0 aliphatic heterocycles. The summed E-state index contributed by atoms with van der Waals surface area (Å²) in [6.45, 7) is 7.13. The van der Waals surface area contributed by atoms with Crippen LogP contribution >= 0.6 is 0 Å². The SMILES string of the molecule is CCC(=O)O[C@H]1[C@H]2C(=C(O)c3c(O)ccc(C(C)C)c3[C@@H]2C)C(=O)[C@]2(O)C(O)=C(C(N)=O)C(=O)C(N(C)C)[C@H]12. The molecule has 0 spiro atoms. The van der Waals surface area contributed by atoms with Crippen LogP contribution in [0, 0.1) is 11.8 Å². The van der Waals surface area contributed by atoms with Gasteiger partial charge in [0.1, 0.15) is 28.9 Å². The summed E-state index contributed by atoms with van der Waals surface area (Å²) in [4.78, 5) is 54.0. The fourth-order valence-electron chi connectivity index (χ4n) is 6.58. The first-order chi connectivity index (χ1) is 18.1. The minimum absolute atomic E-state index is 0.00874. The lowest BCUT2D eigenvalue weighted by Crippen LogP contribution is -2.71. The number of fused-ring (bicyclic) bond motifs is 3. The van der Waals surface area contributed by atoms with Crippen molar-refractivity contribution >= 4 is 29.2 Å². The van der Waals surface area contributed by atoms with Crippen LogP contribution in [-0.4, -0.2) is 80.6 Å². The van der Waals surface area contributed by atoms with Gasteiger partial charge in [-0.25, -0.2) is 0 Å². The molecule has 6 atom stereocenters. The van der Waals surface area contributed by atoms with Crippen LogP contribution in [0.5, 0.6) is 5.75 Å². The number of aliphatic hydroxyl groups excluding tert-OH is 2. The summed E-state index contributed by atoms with van der Waals surface area (Å²) in [5.41, 5.74) is 2.40. The van der Waals surface area contributed by atoms with Crippen molar-refractivity contribution in [1.82, 2.24) is 4.90 Å². The average molecular weight is 543 g/mol. The van der Waals surface area contributed by atoms with Crippen molar-refractivity contribution < 1.29 is 44.3 Å². The summed E-state index contributed by atoms with van der Waals surface area (Å²) >= 11 is 0. The Hall–Kier alpha value is -3.70. The lowest BCUT2D eigenvalue weighted by atomic mass is 9.53. The molecule has 210 valence electrons. The van der Waals surface area contributed by atoms with E-state index in [9.17, 15) is 39.6 Å². The number of hydrogen-bond donors (Lipinski definition) is 5. The number of esters is 1. The van der Waals surface area contributed by atoms with Gasteiger partial charge in [0, 0.05) is 17.9 Å². The Bertz CT molecular complexity index is 1360. The second kappa shape index (κ2) is 9.49. The molecule has 11 nitrogen and oxygen atoms in total. The minimum Gasteiger partial charge on any atom is -0.508 e. The van der Waals surface area contributed by atoms with E-state index in [1.165, 1.54) is 25.1 Å². The van der Waals surface area contributed by atoms with Crippen LogP contribution in [0.3, 0.4) is 0 Å². The molecule has 0 aromatic heterocycles. The van der Waals surface area contributed by atoms with Gasteiger partial charge in [-0.15, -0.1) is 0 Å². The summed E-state index contributed by atoms with van der Waals surface area (Å²) in [5.74, 6) is -9.73. The molecule has 0 saturated heterocycles. The van der Waals surface area contributed by atoms with Gasteiger partial charge < -0.3 is 30.9 Å². The summed E-state index contributed by atoms with van der Waals surface area (Å²) in [7, 11) is 2.95. The third-order valence-corrected chi connectivity index (χ3v) is 8.29. The number of nitrogens with zero attached hydrogens (tertiary/aromatic N) is 1. The Balaban J connectivity index is 2.15. The normalized spacial score (nSPS) is 30.3. The van der Waals surface area contributed by atoms with Gasteiger partial charge in [0.2, 0.25) is 5.78 Å². The van der Waals surface area contributed by atoms with Crippen molar-refractivity contribution in [3.05, 3.63) is 45.7 Å². The number of nitrogens with two attached hydrogens (primary N) is 1. The second-order valence-corrected chi connectivity index (χ2v) is 11.0. The van der Waals surface area contributed by atoms with Crippen molar-refractivity contribution in [2.45, 2.75) is 63.7 Å². The highest BCUT2D eigenvalue weighted by atomic mass is 16.5. The molecule has 11 heteroatoms. The van der Waals surface area contributed by atoms with Crippen molar-refractivity contribution in [2.75, 3.05) is 14.1 Å². The van der Waals surface area contributed by atoms with Crippen LogP contribution in [0.1, 0.15) is 62.6 Å². The van der Waals surface area contributed by atoms with Crippen LogP contribution in [-0.2, 0) is 23.9 Å². The van der Waals surface area contributed by atoms with E-state index in [2.05, 4.69) is 0 Å². The Morgan fingerprint density at radius 3 is 2.28 bits per heavy atom. The third kappa shape index (κ3) is 3.78. The molecule has 4 rings (SSSR count). The molecular weight excluding hydrogens is 508 g/mol. The van der Waals surface area contributed by atoms with Crippen LogP contribution in [0.25, 0.3) is 5.76 Å². The van der Waals surface area contributed by atoms with Crippen molar-refractivity contribution in [2.24, 2.45) is 17.6 Å². The maximum atomic E-state index is 14.2. The number of aliphatic hydroxyl groups is 3. The number of primary amides is 1. The molecule has 39 heavy (non-hydrogen) atoms. The van der Waals surface area contributed by atoms with E-state index in [0.717, 1.165) is 5.56 Å². The molecule has 6 N–H and O–H groups in total.